The summed E-state index contributed by atoms with van der Waals surface area (Å²) in [4.78, 5) is 26.6. The fourth-order valence-corrected chi connectivity index (χ4v) is 4.92. The predicted molar refractivity (Wildman–Crippen MR) is 137 cm³/mol. The molecule has 37 heavy (non-hydrogen) atoms. The molecule has 0 saturated heterocycles. The molecule has 6 rings (SSSR count). The third-order valence-corrected chi connectivity index (χ3v) is 6.70. The number of halogens is 2. The quantitative estimate of drug-likeness (QED) is 0.286. The van der Waals surface area contributed by atoms with Crippen LogP contribution in [-0.2, 0) is 0 Å². The Hall–Kier alpha value is -4.14. The molecular weight excluding hydrogens is 523 g/mol. The van der Waals surface area contributed by atoms with Crippen molar-refractivity contribution in [3.8, 4) is 23.0 Å². The van der Waals surface area contributed by atoms with Crippen LogP contribution in [0.5, 0.6) is 23.0 Å². The van der Waals surface area contributed by atoms with Gasteiger partial charge in [-0.1, -0.05) is 29.3 Å². The van der Waals surface area contributed by atoms with Crippen molar-refractivity contribution in [2.75, 3.05) is 13.2 Å². The lowest BCUT2D eigenvalue weighted by Gasteiger charge is -2.23. The van der Waals surface area contributed by atoms with Crippen LogP contribution < -0.4 is 20.7 Å². The zero-order chi connectivity index (χ0) is 25.8. The average Bonchev–Trinajstić information content (AvgIpc) is 2.88. The second-order valence-corrected chi connectivity index (χ2v) is 9.29. The molecule has 10 heteroatoms. The maximum Gasteiger partial charge on any atom is 0.344 e. The number of hydrogen-bond acceptors (Lipinski definition) is 8. The predicted octanol–water partition coefficient (Wildman–Crippen LogP) is 5.57. The number of ether oxygens (including phenoxy) is 2. The van der Waals surface area contributed by atoms with E-state index in [-0.39, 0.29) is 33.1 Å². The summed E-state index contributed by atoms with van der Waals surface area (Å²) in [6.07, 6.45) is 0. The summed E-state index contributed by atoms with van der Waals surface area (Å²) in [5.41, 5.74) is -1.91. The van der Waals surface area contributed by atoms with Gasteiger partial charge in [-0.05, 0) is 54.1 Å². The third kappa shape index (κ3) is 3.85. The number of benzene rings is 3. The number of fused-ring (bicyclic) bond motifs is 3. The Kier molecular flexibility index (Phi) is 5.51. The molecule has 0 atom stereocenters. The number of rotatable bonds is 3. The summed E-state index contributed by atoms with van der Waals surface area (Å²) < 4.78 is 22.3. The average molecular weight is 539 g/mol. The molecule has 3 heterocycles. The van der Waals surface area contributed by atoms with Gasteiger partial charge in [0.05, 0.1) is 27.8 Å². The summed E-state index contributed by atoms with van der Waals surface area (Å²) in [6.45, 7) is 0.659. The Morgan fingerprint density at radius 2 is 1.19 bits per heavy atom. The molecule has 1 aliphatic rings. The maximum atomic E-state index is 13.3. The van der Waals surface area contributed by atoms with Crippen molar-refractivity contribution in [2.24, 2.45) is 0 Å². The molecule has 0 saturated carbocycles. The highest BCUT2D eigenvalue weighted by atomic mass is 35.5. The Bertz CT molecular complexity index is 1730. The maximum absolute atomic E-state index is 13.3. The number of aromatic hydroxyl groups is 2. The van der Waals surface area contributed by atoms with E-state index >= 15 is 0 Å². The smallest absolute Gasteiger partial charge is 0.344 e. The van der Waals surface area contributed by atoms with Crippen LogP contribution in [0.2, 0.25) is 10.0 Å². The van der Waals surface area contributed by atoms with Gasteiger partial charge >= 0.3 is 11.3 Å². The normalized spacial score (nSPS) is 12.9. The SMILES string of the molecule is O=c1oc2ccc(Cl)cc2c(O)c1C(c1ccc2c(c1)OCCO2)c1c(O)c2cc(Cl)ccc2oc1=O. The van der Waals surface area contributed by atoms with Gasteiger partial charge in [-0.25, -0.2) is 9.59 Å². The molecule has 1 aliphatic heterocycles. The lowest BCUT2D eigenvalue weighted by atomic mass is 9.84. The van der Waals surface area contributed by atoms with Crippen LogP contribution in [0.15, 0.2) is 73.0 Å². The van der Waals surface area contributed by atoms with Crippen molar-refractivity contribution in [3.05, 3.63) is 102 Å². The molecular formula is C27H16Cl2O8. The van der Waals surface area contributed by atoms with Gasteiger partial charge in [-0.3, -0.25) is 0 Å². The lowest BCUT2D eigenvalue weighted by Crippen LogP contribution is -2.22. The van der Waals surface area contributed by atoms with Gasteiger partial charge in [-0.2, -0.15) is 0 Å². The van der Waals surface area contributed by atoms with Gasteiger partial charge in [0.2, 0.25) is 0 Å². The van der Waals surface area contributed by atoms with Gasteiger partial charge in [0.25, 0.3) is 0 Å². The standard InChI is InChI=1S/C27H16Cl2O8/c28-13-2-5-17-15(10-13)24(30)22(26(32)36-17)21(12-1-4-19-20(9-12)35-8-7-34-19)23-25(31)16-11-14(29)3-6-18(16)37-27(23)33/h1-6,9-11,21,30-31H,7-8H2. The molecule has 8 nitrogen and oxygen atoms in total. The highest BCUT2D eigenvalue weighted by Crippen LogP contribution is 2.44. The Morgan fingerprint density at radius 1 is 0.676 bits per heavy atom. The molecule has 0 spiro atoms. The van der Waals surface area contributed by atoms with Crippen LogP contribution in [0, 0.1) is 0 Å². The van der Waals surface area contributed by atoms with Crippen molar-refractivity contribution >= 4 is 45.1 Å². The van der Waals surface area contributed by atoms with E-state index in [1.54, 1.807) is 18.2 Å². The molecule has 0 bridgehead atoms. The van der Waals surface area contributed by atoms with Gasteiger partial charge in [0.15, 0.2) is 11.5 Å². The summed E-state index contributed by atoms with van der Waals surface area (Å²) in [5, 5.41) is 23.5. The molecule has 0 aliphatic carbocycles. The van der Waals surface area contributed by atoms with Crippen molar-refractivity contribution in [2.45, 2.75) is 5.92 Å². The molecule has 2 N–H and O–H groups in total. The minimum Gasteiger partial charge on any atom is -0.507 e. The molecule has 0 radical (unpaired) electrons. The Morgan fingerprint density at radius 3 is 1.73 bits per heavy atom. The van der Waals surface area contributed by atoms with E-state index in [9.17, 15) is 19.8 Å². The van der Waals surface area contributed by atoms with Crippen molar-refractivity contribution in [3.63, 3.8) is 0 Å². The second kappa shape index (κ2) is 8.76. The van der Waals surface area contributed by atoms with Crippen LogP contribution >= 0.6 is 23.2 Å². The first-order valence-corrected chi connectivity index (χ1v) is 11.9. The van der Waals surface area contributed by atoms with Crippen LogP contribution in [-0.4, -0.2) is 23.4 Å². The van der Waals surface area contributed by atoms with Crippen molar-refractivity contribution in [1.29, 1.82) is 0 Å². The first-order chi connectivity index (χ1) is 17.8. The summed E-state index contributed by atoms with van der Waals surface area (Å²) in [6, 6.07) is 13.6. The summed E-state index contributed by atoms with van der Waals surface area (Å²) >= 11 is 12.3. The van der Waals surface area contributed by atoms with E-state index in [0.717, 1.165) is 0 Å². The molecule has 0 unspecified atom stereocenters. The van der Waals surface area contributed by atoms with Crippen molar-refractivity contribution in [1.82, 2.24) is 0 Å². The molecule has 2 aromatic heterocycles. The lowest BCUT2D eigenvalue weighted by molar-refractivity contribution is 0.171. The Balaban J connectivity index is 1.71. The third-order valence-electron chi connectivity index (χ3n) is 6.23. The molecule has 0 fully saturated rings. The van der Waals surface area contributed by atoms with E-state index in [0.29, 0.717) is 40.3 Å². The largest absolute Gasteiger partial charge is 0.507 e. The van der Waals surface area contributed by atoms with E-state index in [1.807, 2.05) is 0 Å². The summed E-state index contributed by atoms with van der Waals surface area (Å²) in [7, 11) is 0. The van der Waals surface area contributed by atoms with E-state index in [1.165, 1.54) is 36.4 Å². The molecule has 186 valence electrons. The van der Waals surface area contributed by atoms with Crippen LogP contribution in [0.25, 0.3) is 21.9 Å². The van der Waals surface area contributed by atoms with Gasteiger partial charge < -0.3 is 28.5 Å². The van der Waals surface area contributed by atoms with E-state index in [4.69, 9.17) is 41.5 Å². The zero-order valence-corrected chi connectivity index (χ0v) is 20.3. The minimum absolute atomic E-state index is 0.0955. The number of hydrogen-bond donors (Lipinski definition) is 2. The van der Waals surface area contributed by atoms with Gasteiger partial charge in [0.1, 0.15) is 35.9 Å². The fourth-order valence-electron chi connectivity index (χ4n) is 4.57. The first-order valence-electron chi connectivity index (χ1n) is 11.1. The summed E-state index contributed by atoms with van der Waals surface area (Å²) in [5.74, 6) is -1.40. The topological polar surface area (TPSA) is 119 Å². The van der Waals surface area contributed by atoms with Crippen molar-refractivity contribution < 1.29 is 28.5 Å². The zero-order valence-electron chi connectivity index (χ0n) is 18.8. The highest BCUT2D eigenvalue weighted by Gasteiger charge is 2.33. The van der Waals surface area contributed by atoms with Gasteiger partial charge in [0, 0.05) is 10.0 Å². The highest BCUT2D eigenvalue weighted by molar-refractivity contribution is 6.31. The first kappa shape index (κ1) is 23.3. The van der Waals surface area contributed by atoms with Crippen LogP contribution in [0.3, 0.4) is 0 Å². The minimum atomic E-state index is -1.32. The molecule has 0 amide bonds. The fraction of sp³-hybridized carbons (Fsp3) is 0.111. The van der Waals surface area contributed by atoms with E-state index < -0.39 is 28.7 Å². The van der Waals surface area contributed by atoms with Crippen LogP contribution in [0.1, 0.15) is 22.6 Å². The molecule has 3 aromatic carbocycles. The monoisotopic (exact) mass is 538 g/mol. The van der Waals surface area contributed by atoms with E-state index in [2.05, 4.69) is 0 Å². The second-order valence-electron chi connectivity index (χ2n) is 8.42. The van der Waals surface area contributed by atoms with Crippen LogP contribution in [0.4, 0.5) is 0 Å². The molecule has 5 aromatic rings. The van der Waals surface area contributed by atoms with Gasteiger partial charge in [-0.15, -0.1) is 0 Å². The Labute approximate surface area is 217 Å².